The van der Waals surface area contributed by atoms with E-state index in [0.717, 1.165) is 15.6 Å². The molecular formula is C11H8O2S. The number of aromatic carboxylic acids is 1. The molecule has 2 aromatic rings. The van der Waals surface area contributed by atoms with Gasteiger partial charge in [0.25, 0.3) is 0 Å². The molecule has 14 heavy (non-hydrogen) atoms. The molecule has 0 fully saturated rings. The summed E-state index contributed by atoms with van der Waals surface area (Å²) in [7, 11) is 0. The van der Waals surface area contributed by atoms with Crippen molar-refractivity contribution in [3.05, 3.63) is 41.3 Å². The van der Waals surface area contributed by atoms with Gasteiger partial charge in [0, 0.05) is 4.70 Å². The van der Waals surface area contributed by atoms with Crippen molar-refractivity contribution in [3.63, 3.8) is 0 Å². The Labute approximate surface area is 85.1 Å². The van der Waals surface area contributed by atoms with Gasteiger partial charge in [0.05, 0.1) is 0 Å². The summed E-state index contributed by atoms with van der Waals surface area (Å²) in [6.45, 7) is 3.67. The number of rotatable bonds is 2. The van der Waals surface area contributed by atoms with E-state index in [1.807, 2.05) is 18.2 Å². The molecule has 1 N–H and O–H groups in total. The second kappa shape index (κ2) is 3.27. The number of carbonyl (C=O) groups is 1. The number of carboxylic acids is 1. The lowest BCUT2D eigenvalue weighted by Crippen LogP contribution is -1.89. The van der Waals surface area contributed by atoms with Crippen LogP contribution in [0.4, 0.5) is 0 Å². The minimum absolute atomic E-state index is 0.376. The van der Waals surface area contributed by atoms with Crippen LogP contribution in [-0.2, 0) is 0 Å². The highest BCUT2D eigenvalue weighted by atomic mass is 32.1. The van der Waals surface area contributed by atoms with Crippen LogP contribution in [0.2, 0.25) is 0 Å². The van der Waals surface area contributed by atoms with E-state index in [9.17, 15) is 4.79 Å². The highest BCUT2D eigenvalue weighted by Crippen LogP contribution is 2.26. The zero-order valence-electron chi connectivity index (χ0n) is 7.36. The molecule has 0 spiro atoms. The Morgan fingerprint density at radius 3 is 2.86 bits per heavy atom. The van der Waals surface area contributed by atoms with Crippen molar-refractivity contribution in [3.8, 4) is 0 Å². The first-order chi connectivity index (χ1) is 6.70. The summed E-state index contributed by atoms with van der Waals surface area (Å²) in [5, 5.41) is 9.77. The molecule has 70 valence electrons. The van der Waals surface area contributed by atoms with Gasteiger partial charge in [0.2, 0.25) is 0 Å². The normalized spacial score (nSPS) is 10.3. The summed E-state index contributed by atoms with van der Waals surface area (Å²) in [6, 6.07) is 7.47. The van der Waals surface area contributed by atoms with Crippen molar-refractivity contribution in [2.24, 2.45) is 0 Å². The average molecular weight is 204 g/mol. The lowest BCUT2D eigenvalue weighted by atomic mass is 10.2. The quantitative estimate of drug-likeness (QED) is 0.815. The zero-order valence-corrected chi connectivity index (χ0v) is 8.17. The predicted molar refractivity (Wildman–Crippen MR) is 58.9 cm³/mol. The first-order valence-electron chi connectivity index (χ1n) is 4.10. The van der Waals surface area contributed by atoms with Gasteiger partial charge in [0.15, 0.2) is 0 Å². The van der Waals surface area contributed by atoms with Crippen molar-refractivity contribution in [2.45, 2.75) is 0 Å². The molecule has 0 bridgehead atoms. The molecular weight excluding hydrogens is 196 g/mol. The molecule has 0 aliphatic carbocycles. The Balaban J connectivity index is 2.65. The minimum atomic E-state index is -0.869. The topological polar surface area (TPSA) is 37.3 Å². The molecule has 0 amide bonds. The van der Waals surface area contributed by atoms with E-state index in [4.69, 9.17) is 5.11 Å². The van der Waals surface area contributed by atoms with Gasteiger partial charge in [-0.3, -0.25) is 0 Å². The summed E-state index contributed by atoms with van der Waals surface area (Å²) in [6.07, 6.45) is 1.75. The maximum absolute atomic E-state index is 10.7. The van der Waals surface area contributed by atoms with Crippen LogP contribution in [0.5, 0.6) is 0 Å². The third kappa shape index (κ3) is 1.42. The molecule has 1 aromatic carbocycles. The van der Waals surface area contributed by atoms with E-state index in [0.29, 0.717) is 4.88 Å². The first kappa shape index (κ1) is 8.97. The third-order valence-electron chi connectivity index (χ3n) is 1.99. The lowest BCUT2D eigenvalue weighted by Gasteiger charge is -1.91. The standard InChI is InChI=1S/C11H8O2S/c1-2-7-3-4-8-6-10(11(12)13)14-9(8)5-7/h2-6H,1H2,(H,12,13). The van der Waals surface area contributed by atoms with Gasteiger partial charge in [-0.25, -0.2) is 4.79 Å². The molecule has 0 saturated carbocycles. The lowest BCUT2D eigenvalue weighted by molar-refractivity contribution is 0.0702. The van der Waals surface area contributed by atoms with Crippen LogP contribution in [-0.4, -0.2) is 11.1 Å². The number of benzene rings is 1. The number of carboxylic acid groups (broad SMARTS) is 1. The third-order valence-corrected chi connectivity index (χ3v) is 3.08. The summed E-state index contributed by atoms with van der Waals surface area (Å²) >= 11 is 1.29. The van der Waals surface area contributed by atoms with E-state index < -0.39 is 5.97 Å². The molecule has 0 aliphatic heterocycles. The summed E-state index contributed by atoms with van der Waals surface area (Å²) in [4.78, 5) is 11.1. The Bertz CT molecular complexity index is 511. The number of thiophene rings is 1. The molecule has 0 atom stereocenters. The molecule has 1 aromatic heterocycles. The molecule has 2 rings (SSSR count). The predicted octanol–water partition coefficient (Wildman–Crippen LogP) is 3.24. The monoisotopic (exact) mass is 204 g/mol. The fourth-order valence-corrected chi connectivity index (χ4v) is 2.23. The highest BCUT2D eigenvalue weighted by molar-refractivity contribution is 7.20. The molecule has 0 radical (unpaired) electrons. The Morgan fingerprint density at radius 2 is 2.21 bits per heavy atom. The SMILES string of the molecule is C=Cc1ccc2cc(C(=O)O)sc2c1. The molecule has 0 saturated heterocycles. The molecule has 0 aliphatic rings. The van der Waals surface area contributed by atoms with Crippen molar-refractivity contribution < 1.29 is 9.90 Å². The van der Waals surface area contributed by atoms with Gasteiger partial charge >= 0.3 is 5.97 Å². The van der Waals surface area contributed by atoms with E-state index in [2.05, 4.69) is 6.58 Å². The van der Waals surface area contributed by atoms with Crippen LogP contribution >= 0.6 is 11.3 Å². The van der Waals surface area contributed by atoms with E-state index in [-0.39, 0.29) is 0 Å². The summed E-state index contributed by atoms with van der Waals surface area (Å²) in [5.41, 5.74) is 1.01. The largest absolute Gasteiger partial charge is 0.477 e. The van der Waals surface area contributed by atoms with Crippen LogP contribution < -0.4 is 0 Å². The number of fused-ring (bicyclic) bond motifs is 1. The first-order valence-corrected chi connectivity index (χ1v) is 4.91. The smallest absolute Gasteiger partial charge is 0.345 e. The van der Waals surface area contributed by atoms with Gasteiger partial charge in [-0.05, 0) is 23.1 Å². The van der Waals surface area contributed by atoms with Crippen LogP contribution in [0, 0.1) is 0 Å². The van der Waals surface area contributed by atoms with Crippen LogP contribution in [0.15, 0.2) is 30.8 Å². The van der Waals surface area contributed by atoms with E-state index in [1.165, 1.54) is 11.3 Å². The fourth-order valence-electron chi connectivity index (χ4n) is 1.28. The zero-order chi connectivity index (χ0) is 10.1. The van der Waals surface area contributed by atoms with Gasteiger partial charge in [-0.15, -0.1) is 11.3 Å². The number of hydrogen-bond acceptors (Lipinski definition) is 2. The van der Waals surface area contributed by atoms with E-state index >= 15 is 0 Å². The maximum atomic E-state index is 10.7. The van der Waals surface area contributed by atoms with Crippen LogP contribution in [0.25, 0.3) is 16.2 Å². The second-order valence-corrected chi connectivity index (χ2v) is 4.00. The second-order valence-electron chi connectivity index (χ2n) is 2.92. The molecule has 1 heterocycles. The van der Waals surface area contributed by atoms with Crippen molar-refractivity contribution >= 4 is 33.5 Å². The number of hydrogen-bond donors (Lipinski definition) is 1. The van der Waals surface area contributed by atoms with Gasteiger partial charge in [0.1, 0.15) is 4.88 Å². The highest BCUT2D eigenvalue weighted by Gasteiger charge is 2.07. The van der Waals surface area contributed by atoms with Crippen LogP contribution in [0.1, 0.15) is 15.2 Å². The Kier molecular flexibility index (Phi) is 2.09. The Morgan fingerprint density at radius 1 is 1.43 bits per heavy atom. The molecule has 2 nitrogen and oxygen atoms in total. The van der Waals surface area contributed by atoms with Crippen molar-refractivity contribution in [1.82, 2.24) is 0 Å². The summed E-state index contributed by atoms with van der Waals surface area (Å²) < 4.78 is 0.986. The Hall–Kier alpha value is -1.61. The van der Waals surface area contributed by atoms with Crippen molar-refractivity contribution in [2.75, 3.05) is 0 Å². The van der Waals surface area contributed by atoms with Crippen molar-refractivity contribution in [1.29, 1.82) is 0 Å². The molecule has 0 unspecified atom stereocenters. The summed E-state index contributed by atoms with van der Waals surface area (Å²) in [5.74, 6) is -0.869. The molecule has 3 heteroatoms. The van der Waals surface area contributed by atoms with Gasteiger partial charge < -0.3 is 5.11 Å². The van der Waals surface area contributed by atoms with Gasteiger partial charge in [-0.1, -0.05) is 24.8 Å². The maximum Gasteiger partial charge on any atom is 0.345 e. The fraction of sp³-hybridized carbons (Fsp3) is 0. The van der Waals surface area contributed by atoms with Gasteiger partial charge in [-0.2, -0.15) is 0 Å². The average Bonchev–Trinajstić information content (AvgIpc) is 2.59. The van der Waals surface area contributed by atoms with E-state index in [1.54, 1.807) is 12.1 Å². The minimum Gasteiger partial charge on any atom is -0.477 e. The van der Waals surface area contributed by atoms with Crippen LogP contribution in [0.3, 0.4) is 0 Å².